The van der Waals surface area contributed by atoms with Crippen LogP contribution < -0.4 is 4.74 Å². The number of nitrogens with zero attached hydrogens (tertiary/aromatic N) is 5. The standard InChI is InChI=1S/C25H26FN5O4/c26-22-8-7-20(15-21(22)24(32)29-9-1-2-10-29)19-5-3-18(4-6-19)16-28-11-12-30-17-23(31(33)34)27-25(30)35-14-13-28/h3-8,15,17H,1-2,9-14,16H2. The van der Waals surface area contributed by atoms with Crippen molar-refractivity contribution in [3.63, 3.8) is 0 Å². The van der Waals surface area contributed by atoms with E-state index in [0.29, 0.717) is 45.9 Å². The lowest BCUT2D eigenvalue weighted by Crippen LogP contribution is -2.33. The molecule has 0 N–H and O–H groups in total. The number of imidazole rings is 1. The van der Waals surface area contributed by atoms with E-state index in [0.717, 1.165) is 29.5 Å². The largest absolute Gasteiger partial charge is 0.444 e. The van der Waals surface area contributed by atoms with Crippen LogP contribution in [0.4, 0.5) is 10.2 Å². The van der Waals surface area contributed by atoms with Gasteiger partial charge in [-0.25, -0.2) is 4.39 Å². The lowest BCUT2D eigenvalue weighted by atomic mass is 10.0. The first-order valence-electron chi connectivity index (χ1n) is 11.7. The number of fused-ring (bicyclic) bond motifs is 1. The number of hydrogen-bond acceptors (Lipinski definition) is 6. The molecule has 2 aliphatic heterocycles. The van der Waals surface area contributed by atoms with Crippen LogP contribution in [0, 0.1) is 15.9 Å². The summed E-state index contributed by atoms with van der Waals surface area (Å²) in [5, 5.41) is 11.0. The lowest BCUT2D eigenvalue weighted by Gasteiger charge is -2.24. The Bertz CT molecular complexity index is 1240. The van der Waals surface area contributed by atoms with Crippen LogP contribution in [0.3, 0.4) is 0 Å². The zero-order valence-corrected chi connectivity index (χ0v) is 19.2. The maximum absolute atomic E-state index is 14.4. The highest BCUT2D eigenvalue weighted by atomic mass is 19.1. The molecule has 0 unspecified atom stereocenters. The van der Waals surface area contributed by atoms with Gasteiger partial charge in [-0.15, -0.1) is 0 Å². The molecule has 35 heavy (non-hydrogen) atoms. The molecule has 1 amide bonds. The zero-order valence-electron chi connectivity index (χ0n) is 19.2. The maximum Gasteiger partial charge on any atom is 0.414 e. The van der Waals surface area contributed by atoms with Gasteiger partial charge in [0.25, 0.3) is 5.91 Å². The summed E-state index contributed by atoms with van der Waals surface area (Å²) in [6, 6.07) is 13.0. The quantitative estimate of drug-likeness (QED) is 0.409. The summed E-state index contributed by atoms with van der Waals surface area (Å²) in [6.07, 6.45) is 3.32. The maximum atomic E-state index is 14.4. The average Bonchev–Trinajstić information content (AvgIpc) is 3.52. The Labute approximate surface area is 201 Å². The molecule has 1 saturated heterocycles. The SMILES string of the molecule is O=C(c1cc(-c2ccc(CN3CCOc4nc([N+](=O)[O-])cn4CC3)cc2)ccc1F)N1CCCC1. The third-order valence-corrected chi connectivity index (χ3v) is 6.49. The van der Waals surface area contributed by atoms with Gasteiger partial charge in [-0.3, -0.25) is 14.3 Å². The summed E-state index contributed by atoms with van der Waals surface area (Å²) in [7, 11) is 0. The van der Waals surface area contributed by atoms with Gasteiger partial charge in [0.1, 0.15) is 18.6 Å². The Hall–Kier alpha value is -3.79. The van der Waals surface area contributed by atoms with Crippen LogP contribution in [0.1, 0.15) is 28.8 Å². The molecule has 2 aromatic carbocycles. The number of halogens is 1. The van der Waals surface area contributed by atoms with Crippen molar-refractivity contribution in [2.45, 2.75) is 25.9 Å². The predicted octanol–water partition coefficient (Wildman–Crippen LogP) is 3.73. The summed E-state index contributed by atoms with van der Waals surface area (Å²) >= 11 is 0. The highest BCUT2D eigenvalue weighted by molar-refractivity contribution is 5.96. The molecular formula is C25H26FN5O4. The molecule has 3 aromatic rings. The van der Waals surface area contributed by atoms with Crippen molar-refractivity contribution >= 4 is 11.7 Å². The summed E-state index contributed by atoms with van der Waals surface area (Å²) in [5.41, 5.74) is 2.93. The molecule has 2 aliphatic rings. The van der Waals surface area contributed by atoms with E-state index in [1.165, 1.54) is 12.3 Å². The Morgan fingerprint density at radius 2 is 1.77 bits per heavy atom. The minimum Gasteiger partial charge on any atom is -0.444 e. The molecule has 182 valence electrons. The average molecular weight is 480 g/mol. The van der Waals surface area contributed by atoms with Gasteiger partial charge in [0.15, 0.2) is 0 Å². The van der Waals surface area contributed by atoms with Crippen molar-refractivity contribution in [2.24, 2.45) is 0 Å². The molecule has 3 heterocycles. The highest BCUT2D eigenvalue weighted by Gasteiger charge is 2.24. The van der Waals surface area contributed by atoms with Gasteiger partial charge in [0, 0.05) is 44.3 Å². The fraction of sp³-hybridized carbons (Fsp3) is 0.360. The number of ether oxygens (including phenoxy) is 1. The van der Waals surface area contributed by atoms with Gasteiger partial charge < -0.3 is 19.8 Å². The molecule has 1 aromatic heterocycles. The minimum atomic E-state index is -0.521. The van der Waals surface area contributed by atoms with Gasteiger partial charge in [-0.05, 0) is 46.6 Å². The van der Waals surface area contributed by atoms with Gasteiger partial charge in [0.2, 0.25) is 0 Å². The number of carbonyl (C=O) groups is 1. The minimum absolute atomic E-state index is 0.119. The highest BCUT2D eigenvalue weighted by Crippen LogP contribution is 2.25. The Morgan fingerprint density at radius 1 is 1.03 bits per heavy atom. The molecule has 10 heteroatoms. The van der Waals surface area contributed by atoms with Crippen molar-refractivity contribution in [3.05, 3.63) is 75.7 Å². The molecule has 5 rings (SSSR count). The van der Waals surface area contributed by atoms with E-state index in [4.69, 9.17) is 4.74 Å². The second-order valence-electron chi connectivity index (χ2n) is 8.85. The van der Waals surface area contributed by atoms with E-state index in [1.54, 1.807) is 21.6 Å². The summed E-state index contributed by atoms with van der Waals surface area (Å²) in [4.78, 5) is 31.0. The van der Waals surface area contributed by atoms with E-state index >= 15 is 0 Å². The van der Waals surface area contributed by atoms with Gasteiger partial charge in [-0.1, -0.05) is 30.3 Å². The van der Waals surface area contributed by atoms with Crippen molar-refractivity contribution in [1.82, 2.24) is 19.4 Å². The topological polar surface area (TPSA) is 93.7 Å². The van der Waals surface area contributed by atoms with Crippen LogP contribution in [0.2, 0.25) is 0 Å². The third-order valence-electron chi connectivity index (χ3n) is 6.49. The third kappa shape index (κ3) is 5.02. The number of hydrogen-bond donors (Lipinski definition) is 0. The molecule has 0 spiro atoms. The number of likely N-dealkylation sites (tertiary alicyclic amines) is 1. The predicted molar refractivity (Wildman–Crippen MR) is 127 cm³/mol. The number of carbonyl (C=O) groups excluding carboxylic acids is 1. The zero-order chi connectivity index (χ0) is 24.4. The Morgan fingerprint density at radius 3 is 2.51 bits per heavy atom. The summed E-state index contributed by atoms with van der Waals surface area (Å²) < 4.78 is 21.7. The van der Waals surface area contributed by atoms with Crippen LogP contribution in [0.5, 0.6) is 6.01 Å². The molecule has 9 nitrogen and oxygen atoms in total. The normalized spacial score (nSPS) is 16.3. The monoisotopic (exact) mass is 479 g/mol. The van der Waals surface area contributed by atoms with Gasteiger partial charge in [0.05, 0.1) is 5.56 Å². The number of aromatic nitrogens is 2. The van der Waals surface area contributed by atoms with E-state index in [1.807, 2.05) is 24.3 Å². The summed E-state index contributed by atoms with van der Waals surface area (Å²) in [5.74, 6) is -0.952. The van der Waals surface area contributed by atoms with Crippen LogP contribution >= 0.6 is 0 Å². The number of benzene rings is 2. The van der Waals surface area contributed by atoms with Crippen molar-refractivity contribution in [2.75, 3.05) is 32.8 Å². The van der Waals surface area contributed by atoms with Crippen LogP contribution in [-0.2, 0) is 13.1 Å². The van der Waals surface area contributed by atoms with Crippen LogP contribution in [-0.4, -0.2) is 63.0 Å². The van der Waals surface area contributed by atoms with Crippen molar-refractivity contribution in [3.8, 4) is 17.1 Å². The van der Waals surface area contributed by atoms with Crippen molar-refractivity contribution < 1.29 is 18.8 Å². The Balaban J connectivity index is 1.26. The number of rotatable bonds is 5. The van der Waals surface area contributed by atoms with Gasteiger partial charge >= 0.3 is 11.8 Å². The first-order valence-corrected chi connectivity index (χ1v) is 11.7. The van der Waals surface area contributed by atoms with E-state index < -0.39 is 10.7 Å². The second kappa shape index (κ2) is 9.83. The molecule has 0 radical (unpaired) electrons. The van der Waals surface area contributed by atoms with E-state index in [-0.39, 0.29) is 23.3 Å². The fourth-order valence-corrected chi connectivity index (χ4v) is 4.55. The van der Waals surface area contributed by atoms with E-state index in [9.17, 15) is 19.3 Å². The molecule has 0 bridgehead atoms. The number of amides is 1. The van der Waals surface area contributed by atoms with Gasteiger partial charge in [-0.2, -0.15) is 0 Å². The first kappa shape index (κ1) is 23.0. The van der Waals surface area contributed by atoms with Crippen molar-refractivity contribution in [1.29, 1.82) is 0 Å². The lowest BCUT2D eigenvalue weighted by molar-refractivity contribution is -0.389. The first-order chi connectivity index (χ1) is 17.0. The smallest absolute Gasteiger partial charge is 0.414 e. The number of nitro groups is 1. The van der Waals surface area contributed by atoms with Crippen LogP contribution in [0.25, 0.3) is 11.1 Å². The molecular weight excluding hydrogens is 453 g/mol. The second-order valence-corrected chi connectivity index (χ2v) is 8.85. The van der Waals surface area contributed by atoms with Crippen LogP contribution in [0.15, 0.2) is 48.7 Å². The molecule has 0 aliphatic carbocycles. The molecule has 0 saturated carbocycles. The molecule has 0 atom stereocenters. The van der Waals surface area contributed by atoms with E-state index in [2.05, 4.69) is 9.88 Å². The Kier molecular flexibility index (Phi) is 6.45. The molecule has 1 fully saturated rings. The fourth-order valence-electron chi connectivity index (χ4n) is 4.55. The summed E-state index contributed by atoms with van der Waals surface area (Å²) in [6.45, 7) is 4.34.